The van der Waals surface area contributed by atoms with Crippen molar-refractivity contribution in [1.82, 2.24) is 5.32 Å². The number of hydrogen-bond acceptors (Lipinski definition) is 3. The Morgan fingerprint density at radius 1 is 1.19 bits per heavy atom. The molecular weight excluding hydrogens is 363 g/mol. The molecule has 4 nitrogen and oxygen atoms in total. The minimum absolute atomic E-state index is 0.330. The van der Waals surface area contributed by atoms with Gasteiger partial charge in [-0.25, -0.2) is 9.18 Å². The highest BCUT2D eigenvalue weighted by Crippen LogP contribution is 2.34. The number of thiocarbonyl (C=S) groups is 1. The lowest BCUT2D eigenvalue weighted by Crippen LogP contribution is -2.48. The van der Waals surface area contributed by atoms with Crippen LogP contribution in [0, 0.1) is 19.7 Å². The van der Waals surface area contributed by atoms with Gasteiger partial charge in [-0.05, 0) is 56.2 Å². The number of esters is 1. The number of aryl methyl sites for hydroxylation is 2. The monoisotopic (exact) mass is 384 g/mol. The summed E-state index contributed by atoms with van der Waals surface area (Å²) in [5, 5.41) is 3.61. The van der Waals surface area contributed by atoms with E-state index in [1.54, 1.807) is 30.9 Å². The molecule has 140 valence electrons. The van der Waals surface area contributed by atoms with Crippen molar-refractivity contribution in [2.75, 3.05) is 12.0 Å². The van der Waals surface area contributed by atoms with E-state index in [4.69, 9.17) is 17.0 Å². The van der Waals surface area contributed by atoms with Gasteiger partial charge in [0.25, 0.3) is 0 Å². The second kappa shape index (κ2) is 7.48. The molecule has 1 aliphatic rings. The summed E-state index contributed by atoms with van der Waals surface area (Å²) in [7, 11) is 1.35. The number of halogens is 1. The van der Waals surface area contributed by atoms with Crippen LogP contribution in [-0.2, 0) is 9.53 Å². The maximum absolute atomic E-state index is 14.1. The average Bonchev–Trinajstić information content (AvgIpc) is 2.63. The molecule has 0 bridgehead atoms. The van der Waals surface area contributed by atoms with Gasteiger partial charge < -0.3 is 10.1 Å². The minimum Gasteiger partial charge on any atom is -0.466 e. The van der Waals surface area contributed by atoms with Gasteiger partial charge in [0.05, 0.1) is 24.4 Å². The Labute approximate surface area is 163 Å². The molecule has 2 aromatic rings. The fourth-order valence-corrected chi connectivity index (χ4v) is 3.61. The van der Waals surface area contributed by atoms with Gasteiger partial charge in [0, 0.05) is 5.70 Å². The second-order valence-corrected chi connectivity index (χ2v) is 6.94. The van der Waals surface area contributed by atoms with Crippen LogP contribution in [0.15, 0.2) is 53.7 Å². The average molecular weight is 384 g/mol. The molecule has 0 spiro atoms. The molecule has 0 aromatic heterocycles. The summed E-state index contributed by atoms with van der Waals surface area (Å²) in [6.45, 7) is 5.47. The summed E-state index contributed by atoms with van der Waals surface area (Å²) in [6.07, 6.45) is 0. The molecule has 0 saturated carbocycles. The predicted molar refractivity (Wildman–Crippen MR) is 108 cm³/mol. The van der Waals surface area contributed by atoms with Crippen LogP contribution in [0.4, 0.5) is 10.1 Å². The lowest BCUT2D eigenvalue weighted by atomic mass is 9.94. The van der Waals surface area contributed by atoms with Crippen molar-refractivity contribution in [3.8, 4) is 0 Å². The molecule has 1 N–H and O–H groups in total. The third kappa shape index (κ3) is 3.57. The molecule has 1 atom stereocenters. The number of methoxy groups -OCH3 is 1. The van der Waals surface area contributed by atoms with E-state index in [0.717, 1.165) is 11.1 Å². The lowest BCUT2D eigenvalue weighted by molar-refractivity contribution is -0.136. The van der Waals surface area contributed by atoms with Crippen LogP contribution in [0.5, 0.6) is 0 Å². The minimum atomic E-state index is -0.452. The van der Waals surface area contributed by atoms with Crippen LogP contribution in [0.1, 0.15) is 29.7 Å². The first-order valence-electron chi connectivity index (χ1n) is 8.56. The zero-order chi connectivity index (χ0) is 19.7. The van der Waals surface area contributed by atoms with Crippen molar-refractivity contribution < 1.29 is 13.9 Å². The Bertz CT molecular complexity index is 955. The van der Waals surface area contributed by atoms with Crippen LogP contribution in [-0.4, -0.2) is 18.2 Å². The number of nitrogens with zero attached hydrogens (tertiary/aromatic N) is 1. The van der Waals surface area contributed by atoms with Gasteiger partial charge in [-0.1, -0.05) is 35.9 Å². The van der Waals surface area contributed by atoms with Gasteiger partial charge in [-0.15, -0.1) is 0 Å². The van der Waals surface area contributed by atoms with E-state index in [9.17, 15) is 9.18 Å². The lowest BCUT2D eigenvalue weighted by Gasteiger charge is -2.37. The van der Waals surface area contributed by atoms with Gasteiger partial charge >= 0.3 is 5.97 Å². The number of anilines is 1. The number of carbonyl (C=O) groups is 1. The maximum atomic E-state index is 14.1. The molecule has 0 unspecified atom stereocenters. The predicted octanol–water partition coefficient (Wildman–Crippen LogP) is 4.33. The highest BCUT2D eigenvalue weighted by molar-refractivity contribution is 7.80. The van der Waals surface area contributed by atoms with E-state index >= 15 is 0 Å². The number of nitrogens with one attached hydrogen (secondary N) is 1. The molecule has 0 amide bonds. The summed E-state index contributed by atoms with van der Waals surface area (Å²) in [5.41, 5.74) is 4.13. The van der Waals surface area contributed by atoms with E-state index in [-0.39, 0.29) is 5.82 Å². The number of allylic oxidation sites excluding steroid dienone is 1. The van der Waals surface area contributed by atoms with Crippen LogP contribution in [0.2, 0.25) is 0 Å². The topological polar surface area (TPSA) is 41.6 Å². The van der Waals surface area contributed by atoms with Crippen molar-refractivity contribution in [2.45, 2.75) is 26.8 Å². The van der Waals surface area contributed by atoms with Gasteiger partial charge in [-0.2, -0.15) is 0 Å². The summed E-state index contributed by atoms with van der Waals surface area (Å²) >= 11 is 5.55. The van der Waals surface area contributed by atoms with E-state index in [1.807, 2.05) is 31.2 Å². The summed E-state index contributed by atoms with van der Waals surface area (Å²) < 4.78 is 19.1. The van der Waals surface area contributed by atoms with Crippen LogP contribution < -0.4 is 10.2 Å². The number of ether oxygens (including phenoxy) is 1. The Morgan fingerprint density at radius 2 is 1.93 bits per heavy atom. The van der Waals surface area contributed by atoms with Crippen LogP contribution in [0.3, 0.4) is 0 Å². The van der Waals surface area contributed by atoms with Crippen molar-refractivity contribution >= 4 is 29.0 Å². The van der Waals surface area contributed by atoms with Gasteiger partial charge in [0.1, 0.15) is 5.82 Å². The fraction of sp³-hybridized carbons (Fsp3) is 0.238. The highest BCUT2D eigenvalue weighted by atomic mass is 32.1. The second-order valence-electron chi connectivity index (χ2n) is 6.56. The maximum Gasteiger partial charge on any atom is 0.337 e. The van der Waals surface area contributed by atoms with Gasteiger partial charge in [0.15, 0.2) is 5.11 Å². The molecule has 0 radical (unpaired) electrons. The first-order valence-corrected chi connectivity index (χ1v) is 8.96. The molecule has 27 heavy (non-hydrogen) atoms. The molecule has 0 aliphatic carbocycles. The smallest absolute Gasteiger partial charge is 0.337 e. The summed E-state index contributed by atoms with van der Waals surface area (Å²) in [6, 6.07) is 12.3. The van der Waals surface area contributed by atoms with Crippen molar-refractivity contribution in [2.24, 2.45) is 0 Å². The third-order valence-corrected chi connectivity index (χ3v) is 4.98. The number of hydrogen-bond donors (Lipinski definition) is 1. The van der Waals surface area contributed by atoms with Gasteiger partial charge in [0.2, 0.25) is 0 Å². The summed E-state index contributed by atoms with van der Waals surface area (Å²) in [4.78, 5) is 14.2. The molecular formula is C21H21FN2O2S. The zero-order valence-corrected chi connectivity index (χ0v) is 16.5. The van der Waals surface area contributed by atoms with E-state index in [1.165, 1.54) is 13.2 Å². The molecule has 6 heteroatoms. The van der Waals surface area contributed by atoms with Crippen molar-refractivity contribution in [1.29, 1.82) is 0 Å². The number of carbonyl (C=O) groups excluding carboxylic acids is 1. The Balaban J connectivity index is 2.15. The van der Waals surface area contributed by atoms with E-state index < -0.39 is 12.0 Å². The molecule has 2 aromatic carbocycles. The number of benzene rings is 2. The normalized spacial score (nSPS) is 17.0. The standard InChI is InChI=1S/C21H21FN2O2S/c1-12-6-5-7-15(10-12)19-18(20(25)26-4)14(3)24(21(27)23-19)16-9-8-13(2)17(22)11-16/h5-11,19H,1-4H3,(H,23,27)/t19-/m0/s1. The fourth-order valence-electron chi connectivity index (χ4n) is 3.25. The Kier molecular flexibility index (Phi) is 5.28. The van der Waals surface area contributed by atoms with Gasteiger partial charge in [-0.3, -0.25) is 4.90 Å². The van der Waals surface area contributed by atoms with E-state index in [0.29, 0.717) is 27.6 Å². The zero-order valence-electron chi connectivity index (χ0n) is 15.7. The van der Waals surface area contributed by atoms with Crippen molar-refractivity contribution in [3.05, 3.63) is 76.2 Å². The highest BCUT2D eigenvalue weighted by Gasteiger charge is 2.35. The third-order valence-electron chi connectivity index (χ3n) is 4.68. The Morgan fingerprint density at radius 3 is 2.56 bits per heavy atom. The van der Waals surface area contributed by atoms with Crippen molar-refractivity contribution in [3.63, 3.8) is 0 Å². The SMILES string of the molecule is COC(=O)C1=C(C)N(c2ccc(C)c(F)c2)C(=S)N[C@H]1c1cccc(C)c1. The number of rotatable bonds is 3. The van der Waals surface area contributed by atoms with Crippen LogP contribution >= 0.6 is 12.2 Å². The largest absolute Gasteiger partial charge is 0.466 e. The Hall–Kier alpha value is -2.73. The quantitative estimate of drug-likeness (QED) is 0.630. The molecule has 0 saturated heterocycles. The first-order chi connectivity index (χ1) is 12.8. The molecule has 0 fully saturated rings. The summed E-state index contributed by atoms with van der Waals surface area (Å²) in [5.74, 6) is -0.782. The first kappa shape index (κ1) is 19.0. The molecule has 3 rings (SSSR count). The van der Waals surface area contributed by atoms with Crippen LogP contribution in [0.25, 0.3) is 0 Å². The molecule has 1 aliphatic heterocycles. The van der Waals surface area contributed by atoms with E-state index in [2.05, 4.69) is 5.32 Å². The molecule has 1 heterocycles.